The Kier molecular flexibility index (Phi) is 8.82. The molecule has 0 fully saturated rings. The number of nitrogens with two attached hydrogens (primary N) is 1. The second-order valence-electron chi connectivity index (χ2n) is 4.61. The van der Waals surface area contributed by atoms with E-state index < -0.39 is 6.04 Å². The molecule has 0 aromatic carbocycles. The van der Waals surface area contributed by atoms with Crippen molar-refractivity contribution in [1.29, 1.82) is 0 Å². The minimum atomic E-state index is -0.598. The van der Waals surface area contributed by atoms with E-state index in [1.54, 1.807) is 18.1 Å². The van der Waals surface area contributed by atoms with Gasteiger partial charge in [0.2, 0.25) is 11.8 Å². The molecule has 2 amide bonds. The van der Waals surface area contributed by atoms with E-state index in [1.165, 1.54) is 0 Å². The van der Waals surface area contributed by atoms with Gasteiger partial charge < -0.3 is 20.7 Å². The van der Waals surface area contributed by atoms with Crippen LogP contribution >= 0.6 is 0 Å². The summed E-state index contributed by atoms with van der Waals surface area (Å²) in [5, 5.41) is 2.55. The van der Waals surface area contributed by atoms with E-state index in [0.29, 0.717) is 19.7 Å². The van der Waals surface area contributed by atoms with Crippen LogP contribution in [0.15, 0.2) is 12.7 Å². The van der Waals surface area contributed by atoms with Crippen molar-refractivity contribution in [3.05, 3.63) is 12.7 Å². The van der Waals surface area contributed by atoms with E-state index in [2.05, 4.69) is 11.9 Å². The molecule has 0 radical (unpaired) electrons. The molecule has 0 saturated heterocycles. The normalized spacial score (nSPS) is 12.1. The number of rotatable bonds is 9. The van der Waals surface area contributed by atoms with Crippen LogP contribution in [0.3, 0.4) is 0 Å². The molecular weight excluding hydrogens is 246 g/mol. The van der Waals surface area contributed by atoms with Gasteiger partial charge in [-0.1, -0.05) is 19.9 Å². The van der Waals surface area contributed by atoms with Crippen LogP contribution in [-0.4, -0.2) is 56.1 Å². The minimum absolute atomic E-state index is 0.0351. The Hall–Kier alpha value is -1.40. The van der Waals surface area contributed by atoms with Crippen LogP contribution in [0, 0.1) is 5.92 Å². The second kappa shape index (κ2) is 9.52. The molecule has 0 saturated carbocycles. The fraction of sp³-hybridized carbons (Fsp3) is 0.692. The van der Waals surface area contributed by atoms with Crippen LogP contribution in [0.1, 0.15) is 13.8 Å². The monoisotopic (exact) mass is 271 g/mol. The third-order valence-corrected chi connectivity index (χ3v) is 2.70. The lowest BCUT2D eigenvalue weighted by Gasteiger charge is -2.22. The Morgan fingerprint density at radius 3 is 2.58 bits per heavy atom. The molecule has 0 aliphatic rings. The Labute approximate surface area is 115 Å². The Morgan fingerprint density at radius 1 is 1.47 bits per heavy atom. The maximum absolute atomic E-state index is 11.9. The zero-order valence-corrected chi connectivity index (χ0v) is 12.0. The molecule has 0 rings (SSSR count). The number of nitrogens with one attached hydrogen (secondary N) is 1. The summed E-state index contributed by atoms with van der Waals surface area (Å²) in [5.41, 5.74) is 5.69. The van der Waals surface area contributed by atoms with Crippen molar-refractivity contribution in [2.45, 2.75) is 19.9 Å². The van der Waals surface area contributed by atoms with Crippen LogP contribution in [0.2, 0.25) is 0 Å². The van der Waals surface area contributed by atoms with Gasteiger partial charge >= 0.3 is 0 Å². The number of nitrogens with zero attached hydrogens (tertiary/aromatic N) is 1. The van der Waals surface area contributed by atoms with E-state index in [1.807, 2.05) is 13.8 Å². The topological polar surface area (TPSA) is 84.7 Å². The zero-order chi connectivity index (χ0) is 14.8. The van der Waals surface area contributed by atoms with Gasteiger partial charge in [-0.3, -0.25) is 9.59 Å². The molecule has 0 aliphatic heterocycles. The molecule has 1 atom stereocenters. The molecule has 6 nitrogen and oxygen atoms in total. The lowest BCUT2D eigenvalue weighted by Crippen LogP contribution is -2.48. The SMILES string of the molecule is C=CCN(CCOC)C(=O)CNC(=O)[C@@H](N)C(C)C. The molecule has 0 bridgehead atoms. The van der Waals surface area contributed by atoms with Gasteiger partial charge in [0, 0.05) is 20.2 Å². The van der Waals surface area contributed by atoms with E-state index in [4.69, 9.17) is 10.5 Å². The number of carbonyl (C=O) groups is 2. The van der Waals surface area contributed by atoms with Gasteiger partial charge in [0.1, 0.15) is 0 Å². The summed E-state index contributed by atoms with van der Waals surface area (Å²) in [6, 6.07) is -0.598. The average molecular weight is 271 g/mol. The molecule has 0 unspecified atom stereocenters. The molecule has 0 heterocycles. The van der Waals surface area contributed by atoms with Crippen LogP contribution < -0.4 is 11.1 Å². The summed E-state index contributed by atoms with van der Waals surface area (Å²) in [5.74, 6) is -0.456. The van der Waals surface area contributed by atoms with E-state index in [9.17, 15) is 9.59 Å². The number of amides is 2. The predicted octanol–water partition coefficient (Wildman–Crippen LogP) is -0.253. The first kappa shape index (κ1) is 17.6. The van der Waals surface area contributed by atoms with Crippen LogP contribution in [-0.2, 0) is 14.3 Å². The smallest absolute Gasteiger partial charge is 0.242 e. The largest absolute Gasteiger partial charge is 0.383 e. The van der Waals surface area contributed by atoms with Crippen molar-refractivity contribution in [2.75, 3.05) is 33.4 Å². The van der Waals surface area contributed by atoms with Crippen molar-refractivity contribution >= 4 is 11.8 Å². The fourth-order valence-corrected chi connectivity index (χ4v) is 1.37. The van der Waals surface area contributed by atoms with Crippen molar-refractivity contribution in [3.63, 3.8) is 0 Å². The number of methoxy groups -OCH3 is 1. The van der Waals surface area contributed by atoms with Crippen LogP contribution in [0.5, 0.6) is 0 Å². The van der Waals surface area contributed by atoms with E-state index in [0.717, 1.165) is 0 Å². The van der Waals surface area contributed by atoms with Crippen LogP contribution in [0.4, 0.5) is 0 Å². The molecule has 0 aromatic heterocycles. The standard InChI is InChI=1S/C13H25N3O3/c1-5-6-16(7-8-19-4)11(17)9-15-13(18)12(14)10(2)3/h5,10,12H,1,6-9,14H2,2-4H3,(H,15,18)/t12-/m0/s1. The maximum Gasteiger partial charge on any atom is 0.242 e. The van der Waals surface area contributed by atoms with Gasteiger partial charge in [-0.25, -0.2) is 0 Å². The first-order valence-electron chi connectivity index (χ1n) is 6.34. The van der Waals surface area contributed by atoms with E-state index >= 15 is 0 Å². The van der Waals surface area contributed by atoms with Gasteiger partial charge in [0.15, 0.2) is 0 Å². The summed E-state index contributed by atoms with van der Waals surface area (Å²) >= 11 is 0. The molecule has 3 N–H and O–H groups in total. The first-order valence-corrected chi connectivity index (χ1v) is 6.34. The number of hydrogen-bond donors (Lipinski definition) is 2. The summed E-state index contributed by atoms with van der Waals surface area (Å²) in [6.07, 6.45) is 1.63. The van der Waals surface area contributed by atoms with Gasteiger partial charge in [0.25, 0.3) is 0 Å². The third kappa shape index (κ3) is 6.93. The summed E-state index contributed by atoms with van der Waals surface area (Å²) in [6.45, 7) is 8.58. The zero-order valence-electron chi connectivity index (χ0n) is 12.0. The van der Waals surface area contributed by atoms with Crippen molar-refractivity contribution in [3.8, 4) is 0 Å². The molecule has 110 valence electrons. The Balaban J connectivity index is 4.24. The molecular formula is C13H25N3O3. The average Bonchev–Trinajstić information content (AvgIpc) is 2.39. The quantitative estimate of drug-likeness (QED) is 0.566. The summed E-state index contributed by atoms with van der Waals surface area (Å²) in [7, 11) is 1.57. The molecule has 6 heteroatoms. The van der Waals surface area contributed by atoms with Crippen molar-refractivity contribution < 1.29 is 14.3 Å². The third-order valence-electron chi connectivity index (χ3n) is 2.70. The molecule has 19 heavy (non-hydrogen) atoms. The maximum atomic E-state index is 11.9. The lowest BCUT2D eigenvalue weighted by molar-refractivity contribution is -0.133. The van der Waals surface area contributed by atoms with Gasteiger partial charge in [0.05, 0.1) is 19.2 Å². The van der Waals surface area contributed by atoms with Gasteiger partial charge in [-0.2, -0.15) is 0 Å². The highest BCUT2D eigenvalue weighted by Gasteiger charge is 2.19. The van der Waals surface area contributed by atoms with Crippen molar-refractivity contribution in [1.82, 2.24) is 10.2 Å². The highest BCUT2D eigenvalue weighted by Crippen LogP contribution is 1.98. The Bertz CT molecular complexity index is 306. The van der Waals surface area contributed by atoms with Crippen molar-refractivity contribution in [2.24, 2.45) is 11.7 Å². The highest BCUT2D eigenvalue weighted by molar-refractivity contribution is 5.87. The molecule has 0 spiro atoms. The Morgan fingerprint density at radius 2 is 2.11 bits per heavy atom. The first-order chi connectivity index (χ1) is 8.93. The highest BCUT2D eigenvalue weighted by atomic mass is 16.5. The second-order valence-corrected chi connectivity index (χ2v) is 4.61. The summed E-state index contributed by atoms with van der Waals surface area (Å²) in [4.78, 5) is 25.1. The molecule has 0 aliphatic carbocycles. The predicted molar refractivity (Wildman–Crippen MR) is 74.5 cm³/mol. The fourth-order valence-electron chi connectivity index (χ4n) is 1.37. The van der Waals surface area contributed by atoms with Gasteiger partial charge in [-0.15, -0.1) is 6.58 Å². The minimum Gasteiger partial charge on any atom is -0.383 e. The number of hydrogen-bond acceptors (Lipinski definition) is 4. The molecule has 0 aromatic rings. The van der Waals surface area contributed by atoms with E-state index in [-0.39, 0.29) is 24.3 Å². The number of ether oxygens (including phenoxy) is 1. The lowest BCUT2D eigenvalue weighted by atomic mass is 10.1. The van der Waals surface area contributed by atoms with Crippen LogP contribution in [0.25, 0.3) is 0 Å². The van der Waals surface area contributed by atoms with Gasteiger partial charge in [-0.05, 0) is 5.92 Å². The summed E-state index contributed by atoms with van der Waals surface area (Å²) < 4.78 is 4.93. The number of carbonyl (C=O) groups excluding carboxylic acids is 2.